The van der Waals surface area contributed by atoms with Gasteiger partial charge in [0.2, 0.25) is 0 Å². The highest BCUT2D eigenvalue weighted by molar-refractivity contribution is 5.21. The zero-order valence-electron chi connectivity index (χ0n) is 6.30. The summed E-state index contributed by atoms with van der Waals surface area (Å²) >= 11 is 0. The standard InChI is InChI=1S/C8H14O2/c1-3-4-5-8(10)7(2)6-9/h5,9-10H,2-4,6H2,1H3/b8-5+. The van der Waals surface area contributed by atoms with Gasteiger partial charge in [-0.15, -0.1) is 0 Å². The maximum Gasteiger partial charge on any atom is 0.116 e. The van der Waals surface area contributed by atoms with E-state index in [1.807, 2.05) is 6.92 Å². The van der Waals surface area contributed by atoms with Gasteiger partial charge < -0.3 is 10.2 Å². The summed E-state index contributed by atoms with van der Waals surface area (Å²) in [7, 11) is 0. The van der Waals surface area contributed by atoms with Gasteiger partial charge >= 0.3 is 0 Å². The lowest BCUT2D eigenvalue weighted by atomic mass is 10.2. The van der Waals surface area contributed by atoms with Crippen LogP contribution in [0.1, 0.15) is 19.8 Å². The van der Waals surface area contributed by atoms with Crippen LogP contribution in [-0.2, 0) is 0 Å². The van der Waals surface area contributed by atoms with Gasteiger partial charge in [0.15, 0.2) is 0 Å². The molecule has 0 bridgehead atoms. The Labute approximate surface area is 61.5 Å². The molecule has 0 saturated carbocycles. The monoisotopic (exact) mass is 142 g/mol. The highest BCUT2D eigenvalue weighted by Crippen LogP contribution is 2.04. The summed E-state index contributed by atoms with van der Waals surface area (Å²) < 4.78 is 0. The molecule has 58 valence electrons. The zero-order valence-corrected chi connectivity index (χ0v) is 6.30. The van der Waals surface area contributed by atoms with E-state index >= 15 is 0 Å². The summed E-state index contributed by atoms with van der Waals surface area (Å²) in [5.74, 6) is 0.115. The molecular weight excluding hydrogens is 128 g/mol. The lowest BCUT2D eigenvalue weighted by Gasteiger charge is -1.98. The Bertz CT molecular complexity index is 136. The number of unbranched alkanes of at least 4 members (excludes halogenated alkanes) is 1. The summed E-state index contributed by atoms with van der Waals surface area (Å²) in [6.45, 7) is 5.30. The van der Waals surface area contributed by atoms with E-state index < -0.39 is 0 Å². The zero-order chi connectivity index (χ0) is 7.98. The number of hydrogen-bond acceptors (Lipinski definition) is 2. The van der Waals surface area contributed by atoms with Gasteiger partial charge in [0.05, 0.1) is 6.61 Å². The summed E-state index contributed by atoms with van der Waals surface area (Å²) in [5, 5.41) is 17.6. The van der Waals surface area contributed by atoms with E-state index in [9.17, 15) is 0 Å². The number of aliphatic hydroxyl groups excluding tert-OH is 2. The molecule has 10 heavy (non-hydrogen) atoms. The van der Waals surface area contributed by atoms with Crippen LogP contribution in [0.4, 0.5) is 0 Å². The Kier molecular flexibility index (Phi) is 4.67. The Hall–Kier alpha value is -0.760. The van der Waals surface area contributed by atoms with Crippen molar-refractivity contribution in [2.45, 2.75) is 19.8 Å². The van der Waals surface area contributed by atoms with Crippen molar-refractivity contribution in [2.24, 2.45) is 0 Å². The molecule has 0 fully saturated rings. The van der Waals surface area contributed by atoms with E-state index in [0.29, 0.717) is 5.57 Å². The Morgan fingerprint density at radius 3 is 2.60 bits per heavy atom. The van der Waals surface area contributed by atoms with Crippen molar-refractivity contribution in [3.63, 3.8) is 0 Å². The predicted octanol–water partition coefficient (Wildman–Crippen LogP) is 1.78. The maximum absolute atomic E-state index is 9.05. The molecule has 0 saturated heterocycles. The molecule has 0 aromatic carbocycles. The van der Waals surface area contributed by atoms with E-state index in [4.69, 9.17) is 10.2 Å². The van der Waals surface area contributed by atoms with Crippen LogP contribution in [0.5, 0.6) is 0 Å². The molecular formula is C8H14O2. The number of allylic oxidation sites excluding steroid dienone is 1. The predicted molar refractivity (Wildman–Crippen MR) is 41.8 cm³/mol. The minimum atomic E-state index is -0.175. The second-order valence-electron chi connectivity index (χ2n) is 2.14. The largest absolute Gasteiger partial charge is 0.508 e. The Morgan fingerprint density at radius 1 is 1.60 bits per heavy atom. The highest BCUT2D eigenvalue weighted by atomic mass is 16.3. The molecule has 2 heteroatoms. The van der Waals surface area contributed by atoms with Crippen molar-refractivity contribution in [2.75, 3.05) is 6.61 Å². The van der Waals surface area contributed by atoms with Crippen molar-refractivity contribution < 1.29 is 10.2 Å². The quantitative estimate of drug-likeness (QED) is 0.464. The molecule has 0 atom stereocenters. The lowest BCUT2D eigenvalue weighted by Crippen LogP contribution is -1.91. The van der Waals surface area contributed by atoms with Gasteiger partial charge in [-0.25, -0.2) is 0 Å². The van der Waals surface area contributed by atoms with E-state index in [1.165, 1.54) is 0 Å². The van der Waals surface area contributed by atoms with Crippen LogP contribution in [-0.4, -0.2) is 16.8 Å². The fraction of sp³-hybridized carbons (Fsp3) is 0.500. The van der Waals surface area contributed by atoms with Crippen molar-refractivity contribution in [1.82, 2.24) is 0 Å². The topological polar surface area (TPSA) is 40.5 Å². The van der Waals surface area contributed by atoms with Gasteiger partial charge in [0.1, 0.15) is 5.76 Å². The van der Waals surface area contributed by atoms with Crippen LogP contribution < -0.4 is 0 Å². The molecule has 0 aliphatic rings. The van der Waals surface area contributed by atoms with Gasteiger partial charge in [0.25, 0.3) is 0 Å². The molecule has 0 amide bonds. The van der Waals surface area contributed by atoms with Crippen LogP contribution in [0.3, 0.4) is 0 Å². The van der Waals surface area contributed by atoms with Gasteiger partial charge in [0, 0.05) is 5.57 Å². The van der Waals surface area contributed by atoms with Crippen molar-refractivity contribution in [1.29, 1.82) is 0 Å². The Balaban J connectivity index is 3.80. The third-order valence-corrected chi connectivity index (χ3v) is 1.18. The second kappa shape index (κ2) is 5.06. The first-order valence-corrected chi connectivity index (χ1v) is 3.40. The third-order valence-electron chi connectivity index (χ3n) is 1.18. The van der Waals surface area contributed by atoms with Crippen LogP contribution in [0.25, 0.3) is 0 Å². The first-order chi connectivity index (χ1) is 4.72. The molecule has 2 nitrogen and oxygen atoms in total. The van der Waals surface area contributed by atoms with Gasteiger partial charge in [-0.1, -0.05) is 19.9 Å². The minimum absolute atomic E-state index is 0.115. The molecule has 0 unspecified atom stereocenters. The second-order valence-corrected chi connectivity index (χ2v) is 2.14. The molecule has 0 heterocycles. The highest BCUT2D eigenvalue weighted by Gasteiger charge is 1.95. The average Bonchev–Trinajstić information content (AvgIpc) is 1.98. The van der Waals surface area contributed by atoms with Crippen molar-refractivity contribution in [3.8, 4) is 0 Å². The average molecular weight is 142 g/mol. The summed E-state index contributed by atoms with van der Waals surface area (Å²) in [6, 6.07) is 0. The van der Waals surface area contributed by atoms with Crippen LogP contribution in [0, 0.1) is 0 Å². The summed E-state index contributed by atoms with van der Waals surface area (Å²) in [4.78, 5) is 0. The van der Waals surface area contributed by atoms with Crippen LogP contribution in [0.2, 0.25) is 0 Å². The first-order valence-electron chi connectivity index (χ1n) is 3.40. The summed E-state index contributed by atoms with van der Waals surface area (Å²) in [5.41, 5.74) is 0.383. The maximum atomic E-state index is 9.05. The number of hydrogen-bond donors (Lipinski definition) is 2. The fourth-order valence-corrected chi connectivity index (χ4v) is 0.506. The van der Waals surface area contributed by atoms with Crippen molar-refractivity contribution in [3.05, 3.63) is 24.0 Å². The van der Waals surface area contributed by atoms with Crippen molar-refractivity contribution >= 4 is 0 Å². The van der Waals surface area contributed by atoms with Gasteiger partial charge in [-0.2, -0.15) is 0 Å². The normalized spacial score (nSPS) is 11.6. The summed E-state index contributed by atoms with van der Waals surface area (Å²) in [6.07, 6.45) is 3.48. The third kappa shape index (κ3) is 3.30. The first kappa shape index (κ1) is 9.24. The number of aliphatic hydroxyl groups is 2. The van der Waals surface area contributed by atoms with E-state index in [1.54, 1.807) is 6.08 Å². The molecule has 0 rings (SSSR count). The number of rotatable bonds is 4. The molecule has 0 radical (unpaired) electrons. The fourth-order valence-electron chi connectivity index (χ4n) is 0.506. The molecule has 0 spiro atoms. The van der Waals surface area contributed by atoms with E-state index in [2.05, 4.69) is 6.58 Å². The van der Waals surface area contributed by atoms with Crippen LogP contribution in [0.15, 0.2) is 24.0 Å². The molecule has 0 aliphatic carbocycles. The van der Waals surface area contributed by atoms with E-state index in [0.717, 1.165) is 12.8 Å². The molecule has 0 aliphatic heterocycles. The van der Waals surface area contributed by atoms with Crippen LogP contribution >= 0.6 is 0 Å². The molecule has 0 aromatic heterocycles. The smallest absolute Gasteiger partial charge is 0.116 e. The lowest BCUT2D eigenvalue weighted by molar-refractivity contribution is 0.314. The SMILES string of the molecule is C=C(CO)/C(O)=C\CCC. The van der Waals surface area contributed by atoms with Gasteiger partial charge in [-0.3, -0.25) is 0 Å². The minimum Gasteiger partial charge on any atom is -0.508 e. The molecule has 0 aromatic rings. The molecule has 2 N–H and O–H groups in total. The van der Waals surface area contributed by atoms with Gasteiger partial charge in [-0.05, 0) is 12.5 Å². The van der Waals surface area contributed by atoms with E-state index in [-0.39, 0.29) is 12.4 Å². The Morgan fingerprint density at radius 2 is 2.20 bits per heavy atom.